The Morgan fingerprint density at radius 1 is 0.878 bits per heavy atom. The molecule has 4 aliphatic carbocycles. The van der Waals surface area contributed by atoms with Crippen molar-refractivity contribution in [2.24, 2.45) is 58.2 Å². The molecular formula is C28H48O11S2. The summed E-state index contributed by atoms with van der Waals surface area (Å²) < 4.78 is 73.9. The lowest BCUT2D eigenvalue weighted by Gasteiger charge is -2.62. The van der Waals surface area contributed by atoms with E-state index in [1.165, 1.54) is 0 Å². The fraction of sp³-hybridized carbons (Fsp3) is 0.929. The summed E-state index contributed by atoms with van der Waals surface area (Å²) >= 11 is 0. The Balaban J connectivity index is 1.58. The Morgan fingerprint density at radius 2 is 1.51 bits per heavy atom. The highest BCUT2D eigenvalue weighted by atomic mass is 32.3. The Labute approximate surface area is 244 Å². The molecule has 0 aromatic carbocycles. The van der Waals surface area contributed by atoms with Crippen LogP contribution in [0.3, 0.4) is 0 Å². The lowest BCUT2D eigenvalue weighted by Crippen LogP contribution is -2.62. The predicted molar refractivity (Wildman–Crippen MR) is 150 cm³/mol. The van der Waals surface area contributed by atoms with Crippen LogP contribution in [0.5, 0.6) is 0 Å². The van der Waals surface area contributed by atoms with Crippen LogP contribution in [0.25, 0.3) is 0 Å². The Hall–Kier alpha value is -0.640. The van der Waals surface area contributed by atoms with Gasteiger partial charge in [0.1, 0.15) is 6.10 Å². The molecule has 0 bridgehead atoms. The number of fused-ring (bicyclic) bond motifs is 5. The molecule has 4 rings (SSSR count). The van der Waals surface area contributed by atoms with E-state index in [1.807, 2.05) is 26.0 Å². The van der Waals surface area contributed by atoms with Crippen molar-refractivity contribution in [2.75, 3.05) is 13.2 Å². The van der Waals surface area contributed by atoms with E-state index < -0.39 is 44.5 Å². The van der Waals surface area contributed by atoms with Gasteiger partial charge < -0.3 is 15.3 Å². The maximum Gasteiger partial charge on any atom is 0.397 e. The second kappa shape index (κ2) is 12.0. The molecule has 0 aliphatic heterocycles. The summed E-state index contributed by atoms with van der Waals surface area (Å²) in [4.78, 5) is 0. The molecule has 11 nitrogen and oxygen atoms in total. The van der Waals surface area contributed by atoms with Gasteiger partial charge in [0.25, 0.3) is 0 Å². The first-order valence-corrected chi connectivity index (χ1v) is 17.6. The summed E-state index contributed by atoms with van der Waals surface area (Å²) in [5.74, 6) is 0.469. The van der Waals surface area contributed by atoms with Crippen LogP contribution >= 0.6 is 0 Å². The van der Waals surface area contributed by atoms with Crippen molar-refractivity contribution in [3.63, 3.8) is 0 Å². The summed E-state index contributed by atoms with van der Waals surface area (Å²) in [6.45, 7) is 8.15. The van der Waals surface area contributed by atoms with Gasteiger partial charge in [-0.25, -0.2) is 8.37 Å². The van der Waals surface area contributed by atoms with Crippen molar-refractivity contribution in [1.82, 2.24) is 0 Å². The highest BCUT2D eigenvalue weighted by Gasteiger charge is 2.63. The molecule has 4 saturated carbocycles. The van der Waals surface area contributed by atoms with Crippen molar-refractivity contribution in [3.8, 4) is 0 Å². The normalized spacial score (nSPS) is 43.0. The Kier molecular flexibility index (Phi) is 9.77. The van der Waals surface area contributed by atoms with Gasteiger partial charge in [-0.3, -0.25) is 9.11 Å². The molecule has 5 N–H and O–H groups in total. The molecule has 41 heavy (non-hydrogen) atoms. The number of aliphatic hydroxyl groups is 3. The van der Waals surface area contributed by atoms with E-state index >= 15 is 0 Å². The summed E-state index contributed by atoms with van der Waals surface area (Å²) in [6.07, 6.45) is 5.21. The zero-order valence-corrected chi connectivity index (χ0v) is 26.0. The summed E-state index contributed by atoms with van der Waals surface area (Å²) in [6, 6.07) is 0. The van der Waals surface area contributed by atoms with E-state index in [1.54, 1.807) is 0 Å². The van der Waals surface area contributed by atoms with E-state index in [9.17, 15) is 41.3 Å². The van der Waals surface area contributed by atoms with E-state index in [0.717, 1.165) is 32.1 Å². The minimum absolute atomic E-state index is 0.0259. The molecule has 0 aromatic heterocycles. The highest BCUT2D eigenvalue weighted by molar-refractivity contribution is 7.81. The first kappa shape index (κ1) is 33.3. The van der Waals surface area contributed by atoms with E-state index in [0.29, 0.717) is 18.3 Å². The Morgan fingerprint density at radius 3 is 2.10 bits per heavy atom. The lowest BCUT2D eigenvalue weighted by molar-refractivity contribution is -0.202. The van der Waals surface area contributed by atoms with Gasteiger partial charge in [0.2, 0.25) is 0 Å². The molecule has 4 aliphatic rings. The molecule has 4 fully saturated rings. The van der Waals surface area contributed by atoms with Gasteiger partial charge in [-0.15, -0.1) is 0 Å². The number of hydrogen-bond donors (Lipinski definition) is 5. The molecule has 0 heterocycles. The zero-order valence-electron chi connectivity index (χ0n) is 24.4. The fourth-order valence-corrected chi connectivity index (χ4v) is 10.5. The second-order valence-corrected chi connectivity index (χ2v) is 16.0. The molecule has 0 amide bonds. The smallest absolute Gasteiger partial charge is 0.396 e. The molecule has 0 spiro atoms. The van der Waals surface area contributed by atoms with Gasteiger partial charge >= 0.3 is 20.8 Å². The lowest BCUT2D eigenvalue weighted by atomic mass is 9.43. The molecule has 238 valence electrons. The number of hydrogen-bond acceptors (Lipinski definition) is 9. The van der Waals surface area contributed by atoms with Crippen molar-refractivity contribution in [1.29, 1.82) is 0 Å². The molecule has 13 heteroatoms. The topological polar surface area (TPSA) is 188 Å². The van der Waals surface area contributed by atoms with Crippen LogP contribution in [0.15, 0.2) is 12.2 Å². The first-order chi connectivity index (χ1) is 18.9. The van der Waals surface area contributed by atoms with Gasteiger partial charge in [0.05, 0.1) is 18.8 Å². The van der Waals surface area contributed by atoms with Crippen LogP contribution in [0, 0.1) is 58.2 Å². The van der Waals surface area contributed by atoms with Crippen molar-refractivity contribution in [3.05, 3.63) is 12.2 Å². The fourth-order valence-electron chi connectivity index (χ4n) is 9.63. The molecule has 3 unspecified atom stereocenters. The zero-order chi connectivity index (χ0) is 30.5. The minimum atomic E-state index is -4.84. The summed E-state index contributed by atoms with van der Waals surface area (Å²) in [5, 5.41) is 31.8. The van der Waals surface area contributed by atoms with Crippen molar-refractivity contribution < 1.29 is 49.6 Å². The molecule has 0 saturated heterocycles. The third kappa shape index (κ3) is 6.73. The highest BCUT2D eigenvalue weighted by Crippen LogP contribution is 2.68. The monoisotopic (exact) mass is 624 g/mol. The van der Waals surface area contributed by atoms with Crippen LogP contribution in [0.1, 0.15) is 72.6 Å². The largest absolute Gasteiger partial charge is 0.397 e. The maximum absolute atomic E-state index is 11.5. The predicted octanol–water partition coefficient (Wildman–Crippen LogP) is 3.03. The third-order valence-corrected chi connectivity index (χ3v) is 12.5. The van der Waals surface area contributed by atoms with Gasteiger partial charge in [0, 0.05) is 18.4 Å². The van der Waals surface area contributed by atoms with Gasteiger partial charge in [-0.05, 0) is 91.3 Å². The van der Waals surface area contributed by atoms with Crippen molar-refractivity contribution in [2.45, 2.75) is 91.0 Å². The van der Waals surface area contributed by atoms with Gasteiger partial charge in [-0.1, -0.05) is 39.8 Å². The second-order valence-electron chi connectivity index (χ2n) is 13.9. The SMILES string of the molecule is CC(C)[C@@H](/C=C/[C@@H](COS(=O)(=O)O)[C@H]1CCC2C3CC[C@@H]4[C@H](O)[C@H](OS(=O)(=O)O)[C@@H](O)C[C@]4(C)C3CC[C@@]21C)CO. The number of aliphatic hydroxyl groups excluding tert-OH is 3. The van der Waals surface area contributed by atoms with Crippen LogP contribution in [0.2, 0.25) is 0 Å². The van der Waals surface area contributed by atoms with E-state index in [2.05, 4.69) is 13.8 Å². The van der Waals surface area contributed by atoms with Crippen LogP contribution in [-0.4, -0.2) is 72.8 Å². The molecular weight excluding hydrogens is 576 g/mol. The minimum Gasteiger partial charge on any atom is -0.396 e. The molecule has 0 aromatic rings. The Bertz CT molecular complexity index is 1170. The number of rotatable bonds is 10. The molecule has 12 atom stereocenters. The molecule has 0 radical (unpaired) electrons. The van der Waals surface area contributed by atoms with Crippen LogP contribution in [-0.2, 0) is 29.2 Å². The third-order valence-electron chi connectivity index (χ3n) is 11.6. The van der Waals surface area contributed by atoms with Crippen LogP contribution in [0.4, 0.5) is 0 Å². The standard InChI is InChI=1S/C28H48O11S2/c1-16(2)17(14-29)5-6-18(15-38-40(32,33)34)20-9-10-21-19-7-8-23-25(31)26(39-41(35,36)37)24(30)13-28(23,4)22(19)11-12-27(20,21)3/h5-6,16-26,29-31H,7-15H2,1-4H3,(H,32,33,34)(H,35,36,37)/b6-5+/t17-,18-,19?,20+,21?,22?,23+,24-,25-,26+,27+,28+/m0/s1. The van der Waals surface area contributed by atoms with Gasteiger partial charge in [-0.2, -0.15) is 16.8 Å². The maximum atomic E-state index is 11.5. The average Bonchev–Trinajstić information content (AvgIpc) is 3.19. The van der Waals surface area contributed by atoms with E-state index in [-0.39, 0.29) is 60.6 Å². The van der Waals surface area contributed by atoms with Crippen molar-refractivity contribution >= 4 is 20.8 Å². The quantitative estimate of drug-likeness (QED) is 0.178. The average molecular weight is 625 g/mol. The van der Waals surface area contributed by atoms with Crippen LogP contribution < -0.4 is 0 Å². The summed E-state index contributed by atoms with van der Waals surface area (Å²) in [5.41, 5.74) is -0.573. The van der Waals surface area contributed by atoms with Gasteiger partial charge in [0.15, 0.2) is 0 Å². The first-order valence-electron chi connectivity index (χ1n) is 14.8. The summed E-state index contributed by atoms with van der Waals surface area (Å²) in [7, 11) is -9.46. The van der Waals surface area contributed by atoms with E-state index in [4.69, 9.17) is 8.37 Å².